The van der Waals surface area contributed by atoms with Crippen molar-refractivity contribution in [2.75, 3.05) is 5.32 Å². The minimum atomic E-state index is 0.785. The van der Waals surface area contributed by atoms with Gasteiger partial charge in [0, 0.05) is 32.7 Å². The van der Waals surface area contributed by atoms with E-state index in [-0.39, 0.29) is 0 Å². The third kappa shape index (κ3) is 3.45. The van der Waals surface area contributed by atoms with Crippen molar-refractivity contribution < 1.29 is 0 Å². The number of anilines is 1. The zero-order valence-corrected chi connectivity index (χ0v) is 12.2. The van der Waals surface area contributed by atoms with E-state index in [9.17, 15) is 0 Å². The smallest absolute Gasteiger partial charge is 0.0416 e. The first-order valence-electron chi connectivity index (χ1n) is 4.83. The van der Waals surface area contributed by atoms with Crippen molar-refractivity contribution >= 4 is 44.2 Å². The fourth-order valence-electron chi connectivity index (χ4n) is 1.32. The van der Waals surface area contributed by atoms with Gasteiger partial charge in [0.15, 0.2) is 0 Å². The van der Waals surface area contributed by atoms with Gasteiger partial charge in [-0.3, -0.25) is 4.98 Å². The van der Waals surface area contributed by atoms with Crippen molar-refractivity contribution in [3.63, 3.8) is 0 Å². The van der Waals surface area contributed by atoms with Crippen LogP contribution in [-0.2, 0) is 6.54 Å². The molecule has 2 rings (SSSR count). The Labute approximate surface area is 117 Å². The Balaban J connectivity index is 1.99. The van der Waals surface area contributed by atoms with Crippen LogP contribution in [-0.4, -0.2) is 4.98 Å². The molecule has 0 spiro atoms. The van der Waals surface area contributed by atoms with Crippen molar-refractivity contribution in [2.24, 2.45) is 0 Å². The van der Waals surface area contributed by atoms with Gasteiger partial charge in [-0.1, -0.05) is 0 Å². The van der Waals surface area contributed by atoms with Crippen LogP contribution in [0.1, 0.15) is 5.56 Å². The molecule has 0 aliphatic rings. The summed E-state index contributed by atoms with van der Waals surface area (Å²) in [6, 6.07) is 10.4. The second kappa shape index (κ2) is 5.63. The summed E-state index contributed by atoms with van der Waals surface area (Å²) in [6.07, 6.45) is 3.65. The molecule has 0 bridgehead atoms. The summed E-state index contributed by atoms with van der Waals surface area (Å²) in [5.41, 5.74) is 2.29. The molecule has 1 N–H and O–H groups in total. The van der Waals surface area contributed by atoms with Gasteiger partial charge in [-0.15, -0.1) is 0 Å². The molecule has 1 aromatic heterocycles. The zero-order chi connectivity index (χ0) is 11.4. The van der Waals surface area contributed by atoms with Gasteiger partial charge in [-0.25, -0.2) is 0 Å². The molecule has 16 heavy (non-hydrogen) atoms. The van der Waals surface area contributed by atoms with Crippen molar-refractivity contribution in [1.82, 2.24) is 4.98 Å². The molecule has 2 nitrogen and oxygen atoms in total. The molecular weight excluding hydrogens is 379 g/mol. The van der Waals surface area contributed by atoms with E-state index < -0.39 is 0 Å². The number of halogens is 2. The molecule has 4 heteroatoms. The maximum atomic E-state index is 4.12. The molecule has 0 fully saturated rings. The summed E-state index contributed by atoms with van der Waals surface area (Å²) in [6.45, 7) is 0.785. The third-order valence-electron chi connectivity index (χ3n) is 2.10. The zero-order valence-electron chi connectivity index (χ0n) is 8.45. The van der Waals surface area contributed by atoms with E-state index in [2.05, 4.69) is 79.2 Å². The minimum absolute atomic E-state index is 0.785. The van der Waals surface area contributed by atoms with E-state index in [0.717, 1.165) is 22.3 Å². The lowest BCUT2D eigenvalue weighted by molar-refractivity contribution is 1.11. The van der Waals surface area contributed by atoms with Crippen LogP contribution in [0.3, 0.4) is 0 Å². The number of nitrogens with one attached hydrogen (secondary N) is 1. The average molecular weight is 389 g/mol. The van der Waals surface area contributed by atoms with Gasteiger partial charge < -0.3 is 5.32 Å². The molecule has 0 atom stereocenters. The predicted molar refractivity (Wildman–Crippen MR) is 78.4 cm³/mol. The molecular formula is C12H10BrIN2. The van der Waals surface area contributed by atoms with E-state index in [4.69, 9.17) is 0 Å². The molecule has 1 aromatic carbocycles. The van der Waals surface area contributed by atoms with Crippen molar-refractivity contribution in [2.45, 2.75) is 6.54 Å². The largest absolute Gasteiger partial charge is 0.381 e. The standard InChI is InChI=1S/C12H10BrIN2/c13-10-5-9(6-15-8-10)7-16-12-3-1-11(14)2-4-12/h1-6,8,16H,7H2. The first kappa shape index (κ1) is 11.9. The highest BCUT2D eigenvalue weighted by Crippen LogP contribution is 2.14. The van der Waals surface area contributed by atoms with E-state index in [1.165, 1.54) is 3.57 Å². The van der Waals surface area contributed by atoms with E-state index in [0.29, 0.717) is 0 Å². The molecule has 2 aromatic rings. The first-order valence-corrected chi connectivity index (χ1v) is 6.70. The normalized spacial score (nSPS) is 10.1. The molecule has 82 valence electrons. The van der Waals surface area contributed by atoms with Crippen LogP contribution in [0.25, 0.3) is 0 Å². The molecule has 0 unspecified atom stereocenters. The Morgan fingerprint density at radius 2 is 1.94 bits per heavy atom. The number of pyridine rings is 1. The third-order valence-corrected chi connectivity index (χ3v) is 3.26. The number of hydrogen-bond donors (Lipinski definition) is 1. The number of hydrogen-bond acceptors (Lipinski definition) is 2. The van der Waals surface area contributed by atoms with E-state index in [1.807, 2.05) is 6.20 Å². The van der Waals surface area contributed by atoms with Crippen LogP contribution in [0.2, 0.25) is 0 Å². The van der Waals surface area contributed by atoms with Crippen molar-refractivity contribution in [3.8, 4) is 0 Å². The number of nitrogens with zero attached hydrogens (tertiary/aromatic N) is 1. The summed E-state index contributed by atoms with van der Waals surface area (Å²) in [4.78, 5) is 4.12. The van der Waals surface area contributed by atoms with Gasteiger partial charge in [0.05, 0.1) is 0 Å². The summed E-state index contributed by atoms with van der Waals surface area (Å²) in [7, 11) is 0. The Kier molecular flexibility index (Phi) is 4.17. The Morgan fingerprint density at radius 3 is 2.62 bits per heavy atom. The molecule has 0 saturated heterocycles. The van der Waals surface area contributed by atoms with Crippen molar-refractivity contribution in [3.05, 3.63) is 56.3 Å². The van der Waals surface area contributed by atoms with Crippen molar-refractivity contribution in [1.29, 1.82) is 0 Å². The lowest BCUT2D eigenvalue weighted by Crippen LogP contribution is -1.99. The van der Waals surface area contributed by atoms with Crippen LogP contribution < -0.4 is 5.32 Å². The molecule has 0 amide bonds. The van der Waals surface area contributed by atoms with Gasteiger partial charge >= 0.3 is 0 Å². The summed E-state index contributed by atoms with van der Waals surface area (Å²) in [5.74, 6) is 0. The number of aromatic nitrogens is 1. The topological polar surface area (TPSA) is 24.9 Å². The first-order chi connectivity index (χ1) is 7.74. The van der Waals surface area contributed by atoms with Gasteiger partial charge in [-0.2, -0.15) is 0 Å². The Bertz CT molecular complexity index is 471. The van der Waals surface area contributed by atoms with Crippen LogP contribution in [0, 0.1) is 3.57 Å². The lowest BCUT2D eigenvalue weighted by atomic mass is 10.2. The monoisotopic (exact) mass is 388 g/mol. The fourth-order valence-corrected chi connectivity index (χ4v) is 2.10. The van der Waals surface area contributed by atoms with Gasteiger partial charge in [0.1, 0.15) is 0 Å². The molecule has 0 aliphatic carbocycles. The van der Waals surface area contributed by atoms with Crippen LogP contribution in [0.15, 0.2) is 47.2 Å². The highest BCUT2D eigenvalue weighted by Gasteiger charge is 1.95. The van der Waals surface area contributed by atoms with Crippen LogP contribution >= 0.6 is 38.5 Å². The average Bonchev–Trinajstić information content (AvgIpc) is 2.28. The maximum Gasteiger partial charge on any atom is 0.0416 e. The SMILES string of the molecule is Brc1cncc(CNc2ccc(I)cc2)c1. The minimum Gasteiger partial charge on any atom is -0.381 e. The highest BCUT2D eigenvalue weighted by molar-refractivity contribution is 14.1. The van der Waals surface area contributed by atoms with Gasteiger partial charge in [0.2, 0.25) is 0 Å². The lowest BCUT2D eigenvalue weighted by Gasteiger charge is -2.06. The summed E-state index contributed by atoms with van der Waals surface area (Å²) >= 11 is 5.70. The molecule has 1 heterocycles. The Morgan fingerprint density at radius 1 is 1.19 bits per heavy atom. The summed E-state index contributed by atoms with van der Waals surface area (Å²) in [5, 5.41) is 3.35. The molecule has 0 aliphatic heterocycles. The van der Waals surface area contributed by atoms with Crippen LogP contribution in [0.5, 0.6) is 0 Å². The number of rotatable bonds is 3. The fraction of sp³-hybridized carbons (Fsp3) is 0.0833. The molecule has 0 radical (unpaired) electrons. The Hall–Kier alpha value is -0.620. The molecule has 0 saturated carbocycles. The predicted octanol–water partition coefficient (Wildman–Crippen LogP) is 4.06. The maximum absolute atomic E-state index is 4.12. The quantitative estimate of drug-likeness (QED) is 0.802. The second-order valence-corrected chi connectivity index (χ2v) is 5.53. The number of benzene rings is 1. The summed E-state index contributed by atoms with van der Waals surface area (Å²) < 4.78 is 2.25. The highest BCUT2D eigenvalue weighted by atomic mass is 127. The van der Waals surface area contributed by atoms with Crippen LogP contribution in [0.4, 0.5) is 5.69 Å². The van der Waals surface area contributed by atoms with E-state index >= 15 is 0 Å². The second-order valence-electron chi connectivity index (χ2n) is 3.37. The van der Waals surface area contributed by atoms with Gasteiger partial charge in [-0.05, 0) is 74.4 Å². The van der Waals surface area contributed by atoms with E-state index in [1.54, 1.807) is 6.20 Å². The van der Waals surface area contributed by atoms with Gasteiger partial charge in [0.25, 0.3) is 0 Å².